The van der Waals surface area contributed by atoms with Crippen LogP contribution in [-0.4, -0.2) is 42.2 Å². The van der Waals surface area contributed by atoms with Gasteiger partial charge in [0.25, 0.3) is 0 Å². The third kappa shape index (κ3) is 2.32. The van der Waals surface area contributed by atoms with Gasteiger partial charge in [-0.05, 0) is 12.5 Å². The second kappa shape index (κ2) is 5.20. The Labute approximate surface area is 121 Å². The van der Waals surface area contributed by atoms with Gasteiger partial charge in [-0.15, -0.1) is 0 Å². The van der Waals surface area contributed by atoms with Crippen molar-refractivity contribution in [2.45, 2.75) is 25.1 Å². The van der Waals surface area contributed by atoms with Crippen LogP contribution in [0.15, 0.2) is 12.3 Å². The summed E-state index contributed by atoms with van der Waals surface area (Å²) in [7, 11) is 0. The van der Waals surface area contributed by atoms with Crippen LogP contribution in [0, 0.1) is 11.9 Å². The van der Waals surface area contributed by atoms with E-state index >= 15 is 4.39 Å². The van der Waals surface area contributed by atoms with Crippen LogP contribution in [0.4, 0.5) is 8.78 Å². The number of hydrogen-bond acceptors (Lipinski definition) is 3. The van der Waals surface area contributed by atoms with Gasteiger partial charge in [0.15, 0.2) is 0 Å². The summed E-state index contributed by atoms with van der Waals surface area (Å²) in [6, 6.07) is 1.74. The molecule has 1 aromatic heterocycles. The Hall–Kier alpha value is -0.780. The summed E-state index contributed by atoms with van der Waals surface area (Å²) < 4.78 is 34.3. The topological polar surface area (TPSA) is 25.4 Å². The Morgan fingerprint density at radius 1 is 1.50 bits per heavy atom. The minimum absolute atomic E-state index is 0.0120. The first-order chi connectivity index (χ1) is 9.50. The van der Waals surface area contributed by atoms with Crippen molar-refractivity contribution in [3.8, 4) is 0 Å². The number of halogens is 3. The van der Waals surface area contributed by atoms with Gasteiger partial charge in [-0.3, -0.25) is 4.90 Å². The van der Waals surface area contributed by atoms with Gasteiger partial charge in [0.2, 0.25) is 5.95 Å². The van der Waals surface area contributed by atoms with Crippen LogP contribution in [0.5, 0.6) is 0 Å². The molecule has 0 aliphatic carbocycles. The molecule has 0 N–H and O–H groups in total. The standard InChI is InChI=1S/C14H17ClF2N2O/c1-9-6-19(11-7-20-8-11)3-2-14(9,17)12-4-10(15)5-18-13(12)16/h4-5,9,11H,2-3,6-8H2,1H3/t9-,14+/m0/s1. The normalized spacial score (nSPS) is 32.1. The predicted molar refractivity (Wildman–Crippen MR) is 72.0 cm³/mol. The molecule has 6 heteroatoms. The van der Waals surface area contributed by atoms with Crippen LogP contribution in [0.1, 0.15) is 18.9 Å². The van der Waals surface area contributed by atoms with Gasteiger partial charge in [0, 0.05) is 30.8 Å². The van der Waals surface area contributed by atoms with Crippen molar-refractivity contribution in [3.05, 3.63) is 28.8 Å². The molecular weight excluding hydrogens is 286 g/mol. The Balaban J connectivity index is 1.83. The van der Waals surface area contributed by atoms with Crippen LogP contribution in [0.3, 0.4) is 0 Å². The lowest BCUT2D eigenvalue weighted by Crippen LogP contribution is -2.56. The lowest BCUT2D eigenvalue weighted by molar-refractivity contribution is -0.101. The minimum atomic E-state index is -1.71. The first kappa shape index (κ1) is 14.2. The number of alkyl halides is 1. The number of piperidine rings is 1. The third-order valence-corrected chi connectivity index (χ3v) is 4.65. The van der Waals surface area contributed by atoms with Crippen molar-refractivity contribution in [2.24, 2.45) is 5.92 Å². The molecule has 2 fully saturated rings. The highest BCUT2D eigenvalue weighted by Gasteiger charge is 2.46. The predicted octanol–water partition coefficient (Wildman–Crippen LogP) is 2.78. The highest BCUT2D eigenvalue weighted by molar-refractivity contribution is 6.30. The fourth-order valence-corrected chi connectivity index (χ4v) is 3.18. The fraction of sp³-hybridized carbons (Fsp3) is 0.643. The monoisotopic (exact) mass is 302 g/mol. The van der Waals surface area contributed by atoms with E-state index in [1.807, 2.05) is 6.92 Å². The van der Waals surface area contributed by atoms with E-state index in [9.17, 15) is 4.39 Å². The van der Waals surface area contributed by atoms with E-state index in [0.717, 1.165) is 0 Å². The number of likely N-dealkylation sites (tertiary alicyclic amines) is 1. The lowest BCUT2D eigenvalue weighted by atomic mass is 9.78. The van der Waals surface area contributed by atoms with Gasteiger partial charge < -0.3 is 4.74 Å². The largest absolute Gasteiger partial charge is 0.378 e. The summed E-state index contributed by atoms with van der Waals surface area (Å²) >= 11 is 5.83. The maximum atomic E-state index is 15.3. The van der Waals surface area contributed by atoms with Crippen molar-refractivity contribution < 1.29 is 13.5 Å². The molecule has 2 aliphatic heterocycles. The van der Waals surface area contributed by atoms with Gasteiger partial charge in [0.05, 0.1) is 24.3 Å². The summed E-state index contributed by atoms with van der Waals surface area (Å²) in [5.41, 5.74) is -1.72. The number of ether oxygens (including phenoxy) is 1. The van der Waals surface area contributed by atoms with Crippen LogP contribution >= 0.6 is 11.6 Å². The Kier molecular flexibility index (Phi) is 3.69. The van der Waals surface area contributed by atoms with Crippen molar-refractivity contribution in [2.75, 3.05) is 26.3 Å². The molecule has 110 valence electrons. The van der Waals surface area contributed by atoms with Crippen LogP contribution in [0.25, 0.3) is 0 Å². The van der Waals surface area contributed by atoms with Crippen molar-refractivity contribution in [3.63, 3.8) is 0 Å². The highest BCUT2D eigenvalue weighted by atomic mass is 35.5. The first-order valence-electron chi connectivity index (χ1n) is 6.83. The van der Waals surface area contributed by atoms with E-state index < -0.39 is 11.6 Å². The maximum Gasteiger partial charge on any atom is 0.219 e. The zero-order valence-electron chi connectivity index (χ0n) is 11.3. The first-order valence-corrected chi connectivity index (χ1v) is 7.21. The van der Waals surface area contributed by atoms with E-state index in [0.29, 0.717) is 32.3 Å². The molecule has 3 heterocycles. The Morgan fingerprint density at radius 3 is 2.85 bits per heavy atom. The zero-order chi connectivity index (χ0) is 14.3. The third-order valence-electron chi connectivity index (χ3n) is 4.44. The van der Waals surface area contributed by atoms with Crippen molar-refractivity contribution in [1.29, 1.82) is 0 Å². The summed E-state index contributed by atoms with van der Waals surface area (Å²) in [6.07, 6.45) is 1.46. The van der Waals surface area contributed by atoms with E-state index in [2.05, 4.69) is 9.88 Å². The molecule has 2 atom stereocenters. The molecule has 3 rings (SSSR count). The molecule has 0 unspecified atom stereocenters. The van der Waals surface area contributed by atoms with Crippen LogP contribution < -0.4 is 0 Å². The Bertz CT molecular complexity index is 512. The molecule has 3 nitrogen and oxygen atoms in total. The van der Waals surface area contributed by atoms with E-state index in [1.165, 1.54) is 12.3 Å². The van der Waals surface area contributed by atoms with Gasteiger partial charge in [-0.1, -0.05) is 18.5 Å². The van der Waals surface area contributed by atoms with Gasteiger partial charge in [0.1, 0.15) is 5.67 Å². The van der Waals surface area contributed by atoms with E-state index in [-0.39, 0.29) is 22.9 Å². The van der Waals surface area contributed by atoms with E-state index in [4.69, 9.17) is 16.3 Å². The summed E-state index contributed by atoms with van der Waals surface area (Å²) in [4.78, 5) is 5.77. The Morgan fingerprint density at radius 2 is 2.25 bits per heavy atom. The number of hydrogen-bond donors (Lipinski definition) is 0. The quantitative estimate of drug-likeness (QED) is 0.786. The lowest BCUT2D eigenvalue weighted by Gasteiger charge is -2.46. The fourth-order valence-electron chi connectivity index (χ4n) is 3.02. The molecule has 0 aromatic carbocycles. The molecule has 2 aliphatic rings. The van der Waals surface area contributed by atoms with Crippen LogP contribution in [-0.2, 0) is 10.4 Å². The molecule has 0 saturated carbocycles. The van der Waals surface area contributed by atoms with Gasteiger partial charge in [-0.25, -0.2) is 9.37 Å². The van der Waals surface area contributed by atoms with Crippen LogP contribution in [0.2, 0.25) is 5.02 Å². The zero-order valence-corrected chi connectivity index (χ0v) is 12.0. The summed E-state index contributed by atoms with van der Waals surface area (Å²) in [6.45, 7) is 4.42. The van der Waals surface area contributed by atoms with E-state index in [1.54, 1.807) is 0 Å². The SMILES string of the molecule is C[C@H]1CN(C2COC2)CC[C@]1(F)c1cc(Cl)cnc1F. The second-order valence-corrected chi connectivity index (χ2v) is 6.13. The van der Waals surface area contributed by atoms with Crippen molar-refractivity contribution in [1.82, 2.24) is 9.88 Å². The minimum Gasteiger partial charge on any atom is -0.378 e. The average molecular weight is 303 g/mol. The van der Waals surface area contributed by atoms with Crippen molar-refractivity contribution >= 4 is 11.6 Å². The molecule has 0 radical (unpaired) electrons. The molecule has 1 aromatic rings. The molecule has 0 bridgehead atoms. The number of rotatable bonds is 2. The summed E-state index contributed by atoms with van der Waals surface area (Å²) in [5.74, 6) is -1.07. The van der Waals surface area contributed by atoms with Gasteiger partial charge >= 0.3 is 0 Å². The number of nitrogens with zero attached hydrogens (tertiary/aromatic N) is 2. The molecular formula is C14H17ClF2N2O. The smallest absolute Gasteiger partial charge is 0.219 e. The molecule has 2 saturated heterocycles. The maximum absolute atomic E-state index is 15.3. The second-order valence-electron chi connectivity index (χ2n) is 5.69. The molecule has 20 heavy (non-hydrogen) atoms. The van der Waals surface area contributed by atoms with Gasteiger partial charge in [-0.2, -0.15) is 4.39 Å². The molecule has 0 spiro atoms. The summed E-state index contributed by atoms with van der Waals surface area (Å²) in [5, 5.41) is 0.264. The highest BCUT2D eigenvalue weighted by Crippen LogP contribution is 2.43. The molecule has 0 amide bonds. The average Bonchev–Trinajstić information content (AvgIpc) is 2.35. The number of aromatic nitrogens is 1. The number of pyridine rings is 1.